The van der Waals surface area contributed by atoms with Crippen LogP contribution in [0.15, 0.2) is 27.2 Å². The van der Waals surface area contributed by atoms with Gasteiger partial charge in [0.1, 0.15) is 0 Å². The van der Waals surface area contributed by atoms with Crippen LogP contribution in [0.5, 0.6) is 0 Å². The molecule has 0 amide bonds. The van der Waals surface area contributed by atoms with Crippen LogP contribution >= 0.6 is 27.5 Å². The van der Waals surface area contributed by atoms with Crippen LogP contribution in [0.2, 0.25) is 5.02 Å². The van der Waals surface area contributed by atoms with Crippen LogP contribution in [0.4, 0.5) is 0 Å². The summed E-state index contributed by atoms with van der Waals surface area (Å²) < 4.78 is 6.16. The number of halogens is 2. The molecule has 1 aliphatic rings. The normalized spacial score (nSPS) is 17.5. The van der Waals surface area contributed by atoms with Crippen LogP contribution in [0, 0.1) is 0 Å². The van der Waals surface area contributed by atoms with Crippen molar-refractivity contribution in [3.8, 4) is 11.5 Å². The Bertz CT molecular complexity index is 595. The standard InChI is InChI=1S/C12H11BrClN3O/c13-7-2-3-8(9(14)6-7)10-16-11(17-18-10)12(15)4-1-5-12/h2-3,6H,1,4-5,15H2. The molecule has 0 atom stereocenters. The fourth-order valence-corrected chi connectivity index (χ4v) is 2.73. The first-order valence-electron chi connectivity index (χ1n) is 5.67. The molecule has 0 aliphatic heterocycles. The molecular formula is C12H11BrClN3O. The Balaban J connectivity index is 1.97. The van der Waals surface area contributed by atoms with E-state index in [1.165, 1.54) is 0 Å². The third kappa shape index (κ3) is 1.96. The number of hydrogen-bond acceptors (Lipinski definition) is 4. The zero-order valence-corrected chi connectivity index (χ0v) is 11.8. The van der Waals surface area contributed by atoms with E-state index in [-0.39, 0.29) is 0 Å². The van der Waals surface area contributed by atoms with Crippen LogP contribution < -0.4 is 5.73 Å². The van der Waals surface area contributed by atoms with Gasteiger partial charge in [0.25, 0.3) is 5.89 Å². The molecule has 0 saturated heterocycles. The maximum absolute atomic E-state index is 6.15. The average molecular weight is 329 g/mol. The Morgan fingerprint density at radius 2 is 2.17 bits per heavy atom. The minimum Gasteiger partial charge on any atom is -0.334 e. The highest BCUT2D eigenvalue weighted by molar-refractivity contribution is 9.10. The third-order valence-corrected chi connectivity index (χ3v) is 4.08. The van der Waals surface area contributed by atoms with Gasteiger partial charge in [0.05, 0.1) is 16.1 Å². The minimum absolute atomic E-state index is 0.413. The molecule has 1 aromatic carbocycles. The van der Waals surface area contributed by atoms with Crippen molar-refractivity contribution in [1.29, 1.82) is 0 Å². The molecule has 6 heteroatoms. The summed E-state index contributed by atoms with van der Waals surface area (Å²) in [6.07, 6.45) is 2.92. The zero-order valence-electron chi connectivity index (χ0n) is 9.49. The summed E-state index contributed by atoms with van der Waals surface area (Å²) >= 11 is 9.50. The predicted molar refractivity (Wildman–Crippen MR) is 72.2 cm³/mol. The van der Waals surface area contributed by atoms with Crippen molar-refractivity contribution in [2.24, 2.45) is 5.73 Å². The Labute approximate surface area is 118 Å². The van der Waals surface area contributed by atoms with Crippen LogP contribution in [0.25, 0.3) is 11.5 Å². The van der Waals surface area contributed by atoms with Gasteiger partial charge < -0.3 is 10.3 Å². The molecule has 2 N–H and O–H groups in total. The van der Waals surface area contributed by atoms with Crippen molar-refractivity contribution in [3.05, 3.63) is 33.5 Å². The van der Waals surface area contributed by atoms with Gasteiger partial charge in [-0.05, 0) is 37.5 Å². The first-order valence-corrected chi connectivity index (χ1v) is 6.84. The zero-order chi connectivity index (χ0) is 12.8. The minimum atomic E-state index is -0.413. The first kappa shape index (κ1) is 12.1. The molecule has 1 aliphatic carbocycles. The Hall–Kier alpha value is -0.910. The van der Waals surface area contributed by atoms with E-state index in [1.807, 2.05) is 12.1 Å². The van der Waals surface area contributed by atoms with Gasteiger partial charge in [0.2, 0.25) is 0 Å². The Morgan fingerprint density at radius 1 is 1.39 bits per heavy atom. The van der Waals surface area contributed by atoms with Gasteiger partial charge in [-0.25, -0.2) is 0 Å². The molecule has 3 rings (SSSR count). The van der Waals surface area contributed by atoms with Crippen molar-refractivity contribution in [2.75, 3.05) is 0 Å². The number of nitrogens with zero attached hydrogens (tertiary/aromatic N) is 2. The topological polar surface area (TPSA) is 64.9 Å². The summed E-state index contributed by atoms with van der Waals surface area (Å²) in [7, 11) is 0. The van der Waals surface area contributed by atoms with E-state index in [0.29, 0.717) is 16.7 Å². The smallest absolute Gasteiger partial charge is 0.259 e. The van der Waals surface area contributed by atoms with Crippen LogP contribution in [0.3, 0.4) is 0 Å². The van der Waals surface area contributed by atoms with Crippen LogP contribution in [-0.4, -0.2) is 10.1 Å². The molecule has 94 valence electrons. The lowest BCUT2D eigenvalue weighted by Gasteiger charge is -2.34. The SMILES string of the molecule is NC1(c2noc(-c3ccc(Br)cc3Cl)n2)CCC1. The maximum Gasteiger partial charge on any atom is 0.259 e. The molecule has 0 spiro atoms. The molecule has 1 heterocycles. The molecular weight excluding hydrogens is 318 g/mol. The predicted octanol–water partition coefficient (Wildman–Crippen LogP) is 3.49. The first-order chi connectivity index (χ1) is 8.58. The highest BCUT2D eigenvalue weighted by Gasteiger charge is 2.39. The average Bonchev–Trinajstić information content (AvgIpc) is 2.75. The fraction of sp³-hybridized carbons (Fsp3) is 0.333. The molecule has 18 heavy (non-hydrogen) atoms. The second-order valence-corrected chi connectivity index (χ2v) is 5.88. The quantitative estimate of drug-likeness (QED) is 0.916. The molecule has 1 fully saturated rings. The highest BCUT2D eigenvalue weighted by atomic mass is 79.9. The number of hydrogen-bond donors (Lipinski definition) is 1. The van der Waals surface area contributed by atoms with E-state index >= 15 is 0 Å². The van der Waals surface area contributed by atoms with Crippen molar-refractivity contribution in [1.82, 2.24) is 10.1 Å². The summed E-state index contributed by atoms with van der Waals surface area (Å²) in [6.45, 7) is 0. The van der Waals surface area contributed by atoms with Gasteiger partial charge >= 0.3 is 0 Å². The Morgan fingerprint density at radius 3 is 2.78 bits per heavy atom. The summed E-state index contributed by atoms with van der Waals surface area (Å²) in [5, 5.41) is 4.54. The second-order valence-electron chi connectivity index (χ2n) is 4.56. The molecule has 1 aromatic heterocycles. The molecule has 0 radical (unpaired) electrons. The second kappa shape index (κ2) is 4.33. The van der Waals surface area contributed by atoms with E-state index in [4.69, 9.17) is 21.9 Å². The summed E-state index contributed by atoms with van der Waals surface area (Å²) in [5.74, 6) is 0.988. The van der Waals surface area contributed by atoms with E-state index in [2.05, 4.69) is 26.1 Å². The third-order valence-electron chi connectivity index (χ3n) is 3.28. The van der Waals surface area contributed by atoms with Gasteiger partial charge in [-0.1, -0.05) is 32.7 Å². The lowest BCUT2D eigenvalue weighted by molar-refractivity contribution is 0.229. The molecule has 2 aromatic rings. The van der Waals surface area contributed by atoms with Crippen molar-refractivity contribution >= 4 is 27.5 Å². The number of nitrogens with two attached hydrogens (primary N) is 1. The molecule has 0 bridgehead atoms. The van der Waals surface area contributed by atoms with Gasteiger partial charge in [-0.2, -0.15) is 4.98 Å². The fourth-order valence-electron chi connectivity index (χ4n) is 1.98. The van der Waals surface area contributed by atoms with E-state index in [0.717, 1.165) is 29.3 Å². The lowest BCUT2D eigenvalue weighted by atomic mass is 9.77. The monoisotopic (exact) mass is 327 g/mol. The van der Waals surface area contributed by atoms with Crippen molar-refractivity contribution in [2.45, 2.75) is 24.8 Å². The van der Waals surface area contributed by atoms with Gasteiger partial charge in [0.15, 0.2) is 5.82 Å². The van der Waals surface area contributed by atoms with Gasteiger partial charge in [0, 0.05) is 4.47 Å². The van der Waals surface area contributed by atoms with Crippen LogP contribution in [0.1, 0.15) is 25.1 Å². The highest BCUT2D eigenvalue weighted by Crippen LogP contribution is 2.38. The van der Waals surface area contributed by atoms with Crippen LogP contribution in [-0.2, 0) is 5.54 Å². The maximum atomic E-state index is 6.15. The summed E-state index contributed by atoms with van der Waals surface area (Å²) in [5.41, 5.74) is 6.46. The van der Waals surface area contributed by atoms with E-state index in [1.54, 1.807) is 6.07 Å². The Kier molecular flexibility index (Phi) is 2.92. The number of benzene rings is 1. The largest absolute Gasteiger partial charge is 0.334 e. The lowest BCUT2D eigenvalue weighted by Crippen LogP contribution is -2.44. The van der Waals surface area contributed by atoms with Gasteiger partial charge in [-0.3, -0.25) is 0 Å². The number of aromatic nitrogens is 2. The van der Waals surface area contributed by atoms with Crippen molar-refractivity contribution in [3.63, 3.8) is 0 Å². The van der Waals surface area contributed by atoms with Gasteiger partial charge in [-0.15, -0.1) is 0 Å². The van der Waals surface area contributed by atoms with E-state index < -0.39 is 5.54 Å². The molecule has 0 unspecified atom stereocenters. The summed E-state index contributed by atoms with van der Waals surface area (Å²) in [4.78, 5) is 4.36. The van der Waals surface area contributed by atoms with E-state index in [9.17, 15) is 0 Å². The van der Waals surface area contributed by atoms with Crippen molar-refractivity contribution < 1.29 is 4.52 Å². The summed E-state index contributed by atoms with van der Waals surface area (Å²) in [6, 6.07) is 5.52. The molecule has 4 nitrogen and oxygen atoms in total. The number of rotatable bonds is 2. The molecule has 1 saturated carbocycles.